The molecule has 0 aliphatic rings. The Hall–Kier alpha value is -1.73. The van der Waals surface area contributed by atoms with Gasteiger partial charge in [-0.15, -0.1) is 11.3 Å². The highest BCUT2D eigenvalue weighted by Gasteiger charge is 2.43. The number of aliphatic carboxylic acids is 1. The van der Waals surface area contributed by atoms with Crippen LogP contribution in [0.3, 0.4) is 0 Å². The molecule has 0 amide bonds. The zero-order valence-corrected chi connectivity index (χ0v) is 13.3. The van der Waals surface area contributed by atoms with Crippen LogP contribution in [0.5, 0.6) is 0 Å². The molecule has 2 heterocycles. The Bertz CT molecular complexity index is 617. The van der Waals surface area contributed by atoms with Gasteiger partial charge in [-0.1, -0.05) is 11.2 Å². The quantitative estimate of drug-likeness (QED) is 0.853. The van der Waals surface area contributed by atoms with Crippen molar-refractivity contribution < 1.29 is 14.4 Å². The molecule has 0 aliphatic carbocycles. The van der Waals surface area contributed by atoms with Gasteiger partial charge >= 0.3 is 5.97 Å². The zero-order chi connectivity index (χ0) is 15.7. The molecule has 0 radical (unpaired) electrons. The maximum Gasteiger partial charge on any atom is 0.310 e. The Morgan fingerprint density at radius 3 is 2.71 bits per heavy atom. The lowest BCUT2D eigenvalue weighted by molar-refractivity contribution is -0.151. The average molecular weight is 309 g/mol. The van der Waals surface area contributed by atoms with Crippen LogP contribution in [0.2, 0.25) is 0 Å². The van der Waals surface area contributed by atoms with E-state index in [0.717, 1.165) is 4.88 Å². The van der Waals surface area contributed by atoms with Crippen LogP contribution in [0, 0.1) is 5.41 Å². The monoisotopic (exact) mass is 309 g/mol. The van der Waals surface area contributed by atoms with Gasteiger partial charge in [-0.05, 0) is 39.1 Å². The number of carboxylic acid groups (broad SMARTS) is 1. The molecule has 0 atom stereocenters. The SMILES string of the molecule is CC(C)(NCc1noc(-c2cccs2)n1)C(C)(C)C(=O)O. The van der Waals surface area contributed by atoms with Gasteiger partial charge in [0.15, 0.2) is 5.82 Å². The van der Waals surface area contributed by atoms with Crippen molar-refractivity contribution in [3.8, 4) is 10.8 Å². The van der Waals surface area contributed by atoms with E-state index in [4.69, 9.17) is 4.52 Å². The Morgan fingerprint density at radius 1 is 1.43 bits per heavy atom. The summed E-state index contributed by atoms with van der Waals surface area (Å²) in [6.45, 7) is 7.42. The van der Waals surface area contributed by atoms with Crippen LogP contribution in [-0.2, 0) is 11.3 Å². The second-order valence-electron chi connectivity index (χ2n) is 5.90. The molecule has 0 fully saturated rings. The van der Waals surface area contributed by atoms with Gasteiger partial charge in [-0.2, -0.15) is 4.98 Å². The minimum Gasteiger partial charge on any atom is -0.481 e. The fraction of sp³-hybridized carbons (Fsp3) is 0.500. The van der Waals surface area contributed by atoms with Crippen LogP contribution in [0.25, 0.3) is 10.8 Å². The van der Waals surface area contributed by atoms with E-state index in [1.165, 1.54) is 11.3 Å². The topological polar surface area (TPSA) is 88.3 Å². The summed E-state index contributed by atoms with van der Waals surface area (Å²) in [6.07, 6.45) is 0. The standard InChI is InChI=1S/C14H19N3O3S/c1-13(2,12(18)19)14(3,4)15-8-10-16-11(20-17-10)9-6-5-7-21-9/h5-7,15H,8H2,1-4H3,(H,18,19). The molecule has 0 spiro atoms. The second-order valence-corrected chi connectivity index (χ2v) is 6.85. The molecule has 2 rings (SSSR count). The molecule has 0 aliphatic heterocycles. The number of thiophene rings is 1. The highest BCUT2D eigenvalue weighted by Crippen LogP contribution is 2.31. The van der Waals surface area contributed by atoms with Gasteiger partial charge in [0.05, 0.1) is 16.8 Å². The molecule has 0 aromatic carbocycles. The molecule has 2 aromatic heterocycles. The normalized spacial score (nSPS) is 12.6. The van der Waals surface area contributed by atoms with E-state index in [-0.39, 0.29) is 0 Å². The first-order valence-corrected chi connectivity index (χ1v) is 7.47. The summed E-state index contributed by atoms with van der Waals surface area (Å²) >= 11 is 1.53. The summed E-state index contributed by atoms with van der Waals surface area (Å²) in [7, 11) is 0. The van der Waals surface area contributed by atoms with Crippen LogP contribution in [0.15, 0.2) is 22.0 Å². The first-order valence-electron chi connectivity index (χ1n) is 6.59. The highest BCUT2D eigenvalue weighted by molar-refractivity contribution is 7.13. The van der Waals surface area contributed by atoms with Gasteiger partial charge in [0.25, 0.3) is 5.89 Å². The third-order valence-corrected chi connectivity index (χ3v) is 4.84. The Balaban J connectivity index is 2.05. The number of rotatable bonds is 6. The van der Waals surface area contributed by atoms with Crippen LogP contribution < -0.4 is 5.32 Å². The summed E-state index contributed by atoms with van der Waals surface area (Å²) < 4.78 is 5.20. The third-order valence-electron chi connectivity index (χ3n) is 3.99. The molecule has 6 nitrogen and oxygen atoms in total. The van der Waals surface area contributed by atoms with Gasteiger partial charge in [-0.3, -0.25) is 4.79 Å². The molecule has 2 N–H and O–H groups in total. The van der Waals surface area contributed by atoms with E-state index < -0.39 is 16.9 Å². The zero-order valence-electron chi connectivity index (χ0n) is 12.5. The maximum atomic E-state index is 11.4. The van der Waals surface area contributed by atoms with Gasteiger partial charge in [0, 0.05) is 5.54 Å². The second kappa shape index (κ2) is 5.57. The van der Waals surface area contributed by atoms with Gasteiger partial charge in [0.2, 0.25) is 0 Å². The number of nitrogens with zero attached hydrogens (tertiary/aromatic N) is 2. The van der Waals surface area contributed by atoms with Crippen LogP contribution in [0.4, 0.5) is 0 Å². The Labute approximate surface area is 127 Å². The molecule has 21 heavy (non-hydrogen) atoms. The smallest absolute Gasteiger partial charge is 0.310 e. The number of hydrogen-bond acceptors (Lipinski definition) is 6. The lowest BCUT2D eigenvalue weighted by atomic mass is 9.74. The van der Waals surface area contributed by atoms with Gasteiger partial charge in [-0.25, -0.2) is 0 Å². The number of nitrogens with one attached hydrogen (secondary N) is 1. The number of carbonyl (C=O) groups is 1. The molecule has 7 heteroatoms. The van der Waals surface area contributed by atoms with E-state index >= 15 is 0 Å². The van der Waals surface area contributed by atoms with Crippen molar-refractivity contribution in [2.75, 3.05) is 0 Å². The van der Waals surface area contributed by atoms with Crippen molar-refractivity contribution in [2.24, 2.45) is 5.41 Å². The molecule has 0 unspecified atom stereocenters. The molecular weight excluding hydrogens is 290 g/mol. The highest BCUT2D eigenvalue weighted by atomic mass is 32.1. The molecule has 0 bridgehead atoms. The summed E-state index contributed by atoms with van der Waals surface area (Å²) in [5.74, 6) is 0.136. The molecule has 114 valence electrons. The van der Waals surface area contributed by atoms with Crippen molar-refractivity contribution in [3.63, 3.8) is 0 Å². The fourth-order valence-corrected chi connectivity index (χ4v) is 2.26. The maximum absolute atomic E-state index is 11.4. The average Bonchev–Trinajstić information content (AvgIpc) is 3.07. The van der Waals surface area contributed by atoms with Crippen LogP contribution in [-0.4, -0.2) is 26.8 Å². The predicted molar refractivity (Wildman–Crippen MR) is 79.9 cm³/mol. The lowest BCUT2D eigenvalue weighted by Crippen LogP contribution is -2.54. The van der Waals surface area contributed by atoms with Crippen molar-refractivity contribution in [3.05, 3.63) is 23.3 Å². The minimum atomic E-state index is -0.923. The molecule has 2 aromatic rings. The number of carboxylic acids is 1. The fourth-order valence-electron chi connectivity index (χ4n) is 1.61. The molecule has 0 saturated heterocycles. The summed E-state index contributed by atoms with van der Waals surface area (Å²) in [4.78, 5) is 16.6. The van der Waals surface area contributed by atoms with E-state index in [0.29, 0.717) is 18.3 Å². The molecule has 0 saturated carbocycles. The summed E-state index contributed by atoms with van der Waals surface area (Å²) in [5, 5.41) is 18.4. The molecular formula is C14H19N3O3S. The van der Waals surface area contributed by atoms with Crippen LogP contribution >= 0.6 is 11.3 Å². The first-order chi connectivity index (χ1) is 9.74. The minimum absolute atomic E-state index is 0.346. The van der Waals surface area contributed by atoms with E-state index in [1.54, 1.807) is 13.8 Å². The van der Waals surface area contributed by atoms with Crippen molar-refractivity contribution >= 4 is 17.3 Å². The number of hydrogen-bond donors (Lipinski definition) is 2. The Morgan fingerprint density at radius 2 is 2.14 bits per heavy atom. The first kappa shape index (κ1) is 15.7. The van der Waals surface area contributed by atoms with Crippen molar-refractivity contribution in [1.29, 1.82) is 0 Å². The largest absolute Gasteiger partial charge is 0.481 e. The van der Waals surface area contributed by atoms with Crippen LogP contribution in [0.1, 0.15) is 33.5 Å². The lowest BCUT2D eigenvalue weighted by Gasteiger charge is -2.38. The summed E-state index contributed by atoms with van der Waals surface area (Å²) in [6, 6.07) is 3.83. The number of aromatic nitrogens is 2. The van der Waals surface area contributed by atoms with E-state index in [1.807, 2.05) is 31.4 Å². The van der Waals surface area contributed by atoms with Crippen molar-refractivity contribution in [2.45, 2.75) is 39.8 Å². The predicted octanol–water partition coefficient (Wildman–Crippen LogP) is 2.78. The third kappa shape index (κ3) is 3.14. The van der Waals surface area contributed by atoms with Gasteiger partial charge < -0.3 is 14.9 Å². The van der Waals surface area contributed by atoms with Crippen molar-refractivity contribution in [1.82, 2.24) is 15.5 Å². The van der Waals surface area contributed by atoms with Gasteiger partial charge in [0.1, 0.15) is 0 Å². The van der Waals surface area contributed by atoms with E-state index in [2.05, 4.69) is 15.5 Å². The Kier molecular flexibility index (Phi) is 4.15. The summed E-state index contributed by atoms with van der Waals surface area (Å²) in [5.41, 5.74) is -1.55. The van der Waals surface area contributed by atoms with E-state index in [9.17, 15) is 9.90 Å².